The van der Waals surface area contributed by atoms with Gasteiger partial charge in [-0.1, -0.05) is 30.3 Å². The summed E-state index contributed by atoms with van der Waals surface area (Å²) in [5.74, 6) is 0.594. The van der Waals surface area contributed by atoms with Crippen molar-refractivity contribution in [3.8, 4) is 0 Å². The second-order valence-electron chi connectivity index (χ2n) is 7.03. The van der Waals surface area contributed by atoms with E-state index in [1.54, 1.807) is 0 Å². The maximum Gasteiger partial charge on any atom is 0.407 e. The third kappa shape index (κ3) is 6.48. The quantitative estimate of drug-likeness (QED) is 0.761. The summed E-state index contributed by atoms with van der Waals surface area (Å²) in [5.41, 5.74) is 0.886. The molecular weight excluding hydrogens is 276 g/mol. The van der Waals surface area contributed by atoms with Gasteiger partial charge in [-0.05, 0) is 58.1 Å². The van der Waals surface area contributed by atoms with Gasteiger partial charge >= 0.3 is 6.09 Å². The van der Waals surface area contributed by atoms with Crippen LogP contribution in [0.5, 0.6) is 0 Å². The molecule has 1 atom stereocenters. The van der Waals surface area contributed by atoms with Gasteiger partial charge in [0.25, 0.3) is 0 Å². The number of amides is 1. The molecule has 1 aliphatic rings. The van der Waals surface area contributed by atoms with Crippen molar-refractivity contribution in [2.45, 2.75) is 51.7 Å². The third-order valence-electron chi connectivity index (χ3n) is 3.69. The number of carbonyl (C=O) groups excluding carboxylic acids is 1. The lowest BCUT2D eigenvalue weighted by atomic mass is 10.1. The Balaban J connectivity index is 1.69. The number of carbonyl (C=O) groups is 1. The highest BCUT2D eigenvalue weighted by molar-refractivity contribution is 5.68. The zero-order chi connectivity index (χ0) is 16.0. The van der Waals surface area contributed by atoms with Crippen molar-refractivity contribution in [2.24, 2.45) is 5.92 Å². The zero-order valence-corrected chi connectivity index (χ0v) is 13.9. The highest BCUT2D eigenvalue weighted by atomic mass is 16.6. The minimum atomic E-state index is -0.446. The van der Waals surface area contributed by atoms with Crippen LogP contribution in [0.15, 0.2) is 30.3 Å². The maximum atomic E-state index is 11.9. The molecule has 1 unspecified atom stereocenters. The molecule has 4 heteroatoms. The van der Waals surface area contributed by atoms with Gasteiger partial charge in [0, 0.05) is 12.6 Å². The van der Waals surface area contributed by atoms with Crippen LogP contribution in [-0.4, -0.2) is 30.8 Å². The topological polar surface area (TPSA) is 50.4 Å². The van der Waals surface area contributed by atoms with Crippen LogP contribution in [0, 0.1) is 5.92 Å². The van der Waals surface area contributed by atoms with Crippen molar-refractivity contribution in [1.29, 1.82) is 0 Å². The maximum absolute atomic E-state index is 11.9. The van der Waals surface area contributed by atoms with Crippen LogP contribution in [0.2, 0.25) is 0 Å². The fraction of sp³-hybridized carbons (Fsp3) is 0.611. The fourth-order valence-corrected chi connectivity index (χ4v) is 2.43. The minimum absolute atomic E-state index is 0.172. The van der Waals surface area contributed by atoms with E-state index in [4.69, 9.17) is 4.74 Å². The van der Waals surface area contributed by atoms with Gasteiger partial charge in [0.1, 0.15) is 5.60 Å². The van der Waals surface area contributed by atoms with Crippen molar-refractivity contribution < 1.29 is 9.53 Å². The molecule has 0 aliphatic heterocycles. The molecule has 1 aromatic rings. The molecule has 0 spiro atoms. The first-order valence-corrected chi connectivity index (χ1v) is 8.18. The number of hydrogen-bond donors (Lipinski definition) is 2. The number of hydrogen-bond acceptors (Lipinski definition) is 3. The van der Waals surface area contributed by atoms with Gasteiger partial charge in [-0.3, -0.25) is 0 Å². The summed E-state index contributed by atoms with van der Waals surface area (Å²) < 4.78 is 5.34. The molecule has 2 N–H and O–H groups in total. The summed E-state index contributed by atoms with van der Waals surface area (Å²) in [7, 11) is 0. The number of rotatable bonds is 7. The Kier molecular flexibility index (Phi) is 5.83. The van der Waals surface area contributed by atoms with Crippen LogP contribution in [0.3, 0.4) is 0 Å². The molecule has 1 amide bonds. The van der Waals surface area contributed by atoms with E-state index in [9.17, 15) is 4.79 Å². The first-order valence-electron chi connectivity index (χ1n) is 8.18. The van der Waals surface area contributed by atoms with Crippen LogP contribution in [0.4, 0.5) is 4.79 Å². The normalized spacial score (nSPS) is 16.1. The molecule has 0 heterocycles. The molecular formula is C18H28N2O2. The van der Waals surface area contributed by atoms with E-state index in [-0.39, 0.29) is 12.1 Å². The van der Waals surface area contributed by atoms with E-state index >= 15 is 0 Å². The predicted octanol–water partition coefficient (Wildman–Crippen LogP) is 3.12. The molecule has 0 radical (unpaired) electrons. The minimum Gasteiger partial charge on any atom is -0.444 e. The Hall–Kier alpha value is -1.55. The summed E-state index contributed by atoms with van der Waals surface area (Å²) in [5, 5.41) is 6.46. The molecule has 1 fully saturated rings. The van der Waals surface area contributed by atoms with E-state index in [1.165, 1.54) is 18.4 Å². The van der Waals surface area contributed by atoms with Gasteiger partial charge in [0.15, 0.2) is 0 Å². The van der Waals surface area contributed by atoms with Gasteiger partial charge in [-0.15, -0.1) is 0 Å². The van der Waals surface area contributed by atoms with E-state index in [0.717, 1.165) is 19.5 Å². The van der Waals surface area contributed by atoms with Crippen molar-refractivity contribution in [1.82, 2.24) is 10.6 Å². The SMILES string of the molecule is CC(C)(C)OC(=O)NC(CNCCc1ccccc1)C1CC1. The largest absolute Gasteiger partial charge is 0.444 e. The fourth-order valence-electron chi connectivity index (χ4n) is 2.43. The standard InChI is InChI=1S/C18H28N2O2/c1-18(2,3)22-17(21)20-16(15-9-10-15)13-19-12-11-14-7-5-4-6-8-14/h4-8,15-16,19H,9-13H2,1-3H3,(H,20,21). The molecule has 0 saturated heterocycles. The van der Waals surface area contributed by atoms with Gasteiger partial charge in [-0.25, -0.2) is 4.79 Å². The highest BCUT2D eigenvalue weighted by Crippen LogP contribution is 2.32. The third-order valence-corrected chi connectivity index (χ3v) is 3.69. The molecule has 1 aliphatic carbocycles. The molecule has 22 heavy (non-hydrogen) atoms. The van der Waals surface area contributed by atoms with Crippen molar-refractivity contribution in [3.05, 3.63) is 35.9 Å². The predicted molar refractivity (Wildman–Crippen MR) is 88.9 cm³/mol. The Bertz CT molecular complexity index is 464. The first kappa shape index (κ1) is 16.8. The lowest BCUT2D eigenvalue weighted by molar-refractivity contribution is 0.0497. The van der Waals surface area contributed by atoms with Gasteiger partial charge in [0.05, 0.1) is 0 Å². The Morgan fingerprint density at radius 2 is 1.95 bits per heavy atom. The van der Waals surface area contributed by atoms with E-state index < -0.39 is 5.60 Å². The molecule has 4 nitrogen and oxygen atoms in total. The molecule has 0 aromatic heterocycles. The lowest BCUT2D eigenvalue weighted by Crippen LogP contribution is -2.45. The lowest BCUT2D eigenvalue weighted by Gasteiger charge is -2.24. The first-order chi connectivity index (χ1) is 10.4. The van der Waals surface area contributed by atoms with E-state index in [1.807, 2.05) is 26.8 Å². The second-order valence-corrected chi connectivity index (χ2v) is 7.03. The Morgan fingerprint density at radius 3 is 2.55 bits per heavy atom. The van der Waals surface area contributed by atoms with Gasteiger partial charge < -0.3 is 15.4 Å². The van der Waals surface area contributed by atoms with Gasteiger partial charge in [-0.2, -0.15) is 0 Å². The molecule has 122 valence electrons. The van der Waals surface area contributed by atoms with Crippen LogP contribution in [-0.2, 0) is 11.2 Å². The highest BCUT2D eigenvalue weighted by Gasteiger charge is 2.33. The van der Waals surface area contributed by atoms with Crippen LogP contribution < -0.4 is 10.6 Å². The smallest absolute Gasteiger partial charge is 0.407 e. The molecule has 1 aromatic carbocycles. The van der Waals surface area contributed by atoms with Crippen molar-refractivity contribution in [2.75, 3.05) is 13.1 Å². The van der Waals surface area contributed by atoms with Gasteiger partial charge in [0.2, 0.25) is 0 Å². The van der Waals surface area contributed by atoms with E-state index in [0.29, 0.717) is 5.92 Å². The van der Waals surface area contributed by atoms with Crippen LogP contribution in [0.1, 0.15) is 39.2 Å². The monoisotopic (exact) mass is 304 g/mol. The number of nitrogens with one attached hydrogen (secondary N) is 2. The Labute approximate surface area is 133 Å². The zero-order valence-electron chi connectivity index (χ0n) is 13.9. The van der Waals surface area contributed by atoms with Crippen molar-refractivity contribution in [3.63, 3.8) is 0 Å². The number of benzene rings is 1. The Morgan fingerprint density at radius 1 is 1.27 bits per heavy atom. The molecule has 2 rings (SSSR count). The molecule has 1 saturated carbocycles. The summed E-state index contributed by atoms with van der Waals surface area (Å²) >= 11 is 0. The van der Waals surface area contributed by atoms with Crippen LogP contribution in [0.25, 0.3) is 0 Å². The summed E-state index contributed by atoms with van der Waals surface area (Å²) in [4.78, 5) is 11.9. The summed E-state index contributed by atoms with van der Waals surface area (Å²) in [6.45, 7) is 7.38. The summed E-state index contributed by atoms with van der Waals surface area (Å²) in [6, 6.07) is 10.6. The number of alkyl carbamates (subject to hydrolysis) is 1. The van der Waals surface area contributed by atoms with Crippen LogP contribution >= 0.6 is 0 Å². The van der Waals surface area contributed by atoms with Crippen molar-refractivity contribution >= 4 is 6.09 Å². The molecule has 0 bridgehead atoms. The second kappa shape index (κ2) is 7.63. The van der Waals surface area contributed by atoms with E-state index in [2.05, 4.69) is 34.9 Å². The average Bonchev–Trinajstić information content (AvgIpc) is 3.26. The number of ether oxygens (including phenoxy) is 1. The summed E-state index contributed by atoms with van der Waals surface area (Å²) in [6.07, 6.45) is 3.08. The average molecular weight is 304 g/mol.